The number of aromatic nitrogens is 1. The molecule has 4 N–H and O–H groups in total. The number of amides is 1. The summed E-state index contributed by atoms with van der Waals surface area (Å²) >= 11 is 0. The van der Waals surface area contributed by atoms with Crippen LogP contribution >= 0.6 is 0 Å². The largest absolute Gasteiger partial charge is 0.416 e. The molecule has 1 aromatic heterocycles. The van der Waals surface area contributed by atoms with Gasteiger partial charge in [0.25, 0.3) is 5.91 Å². The second-order valence-corrected chi connectivity index (χ2v) is 10.1. The van der Waals surface area contributed by atoms with Gasteiger partial charge in [0.15, 0.2) is 9.84 Å². The third-order valence-electron chi connectivity index (χ3n) is 5.58. The van der Waals surface area contributed by atoms with E-state index in [1.807, 2.05) is 0 Å². The highest BCUT2D eigenvalue weighted by Crippen LogP contribution is 2.31. The zero-order valence-electron chi connectivity index (χ0n) is 18.7. The third kappa shape index (κ3) is 5.25. The highest BCUT2D eigenvalue weighted by molar-refractivity contribution is 7.91. The zero-order chi connectivity index (χ0) is 26.1. The number of alkyl halides is 3. The van der Waals surface area contributed by atoms with E-state index in [0.29, 0.717) is 16.5 Å². The summed E-state index contributed by atoms with van der Waals surface area (Å²) in [6.07, 6.45) is -4.58. The van der Waals surface area contributed by atoms with E-state index in [2.05, 4.69) is 5.32 Å². The number of benzene rings is 3. The second-order valence-electron chi connectivity index (χ2n) is 8.03. The van der Waals surface area contributed by atoms with Gasteiger partial charge in [0.05, 0.1) is 16.2 Å². The lowest BCUT2D eigenvalue weighted by Gasteiger charge is -2.13. The Morgan fingerprint density at radius 1 is 0.972 bits per heavy atom. The highest BCUT2D eigenvalue weighted by atomic mass is 32.2. The first-order chi connectivity index (χ1) is 17.0. The minimum atomic E-state index is -4.58. The standard InChI is InChI=1S/C25H21F3N4O3S/c26-25(27,28)18-5-4-6-19(15-18)31-24(33)22-13-16-9-10-17(23(29)30)14-21(16)32(22)11-12-36(34,35)20-7-2-1-3-8-20/h1-10,13-15H,11-12H2,(H3,29,30)(H,31,33). The molecule has 11 heteroatoms. The molecule has 1 amide bonds. The number of rotatable bonds is 7. The van der Waals surface area contributed by atoms with Crippen molar-refractivity contribution >= 4 is 38.2 Å². The van der Waals surface area contributed by atoms with Crippen molar-refractivity contribution in [2.75, 3.05) is 11.1 Å². The minimum absolute atomic E-state index is 0.0476. The average molecular weight is 515 g/mol. The number of nitrogens with one attached hydrogen (secondary N) is 2. The lowest BCUT2D eigenvalue weighted by molar-refractivity contribution is -0.137. The molecule has 0 fully saturated rings. The molecular weight excluding hydrogens is 493 g/mol. The number of hydrogen-bond acceptors (Lipinski definition) is 4. The summed E-state index contributed by atoms with van der Waals surface area (Å²) in [5.41, 5.74) is 5.50. The number of sulfone groups is 1. The number of aryl methyl sites for hydroxylation is 1. The van der Waals surface area contributed by atoms with Crippen LogP contribution in [-0.4, -0.2) is 30.5 Å². The molecule has 0 bridgehead atoms. The van der Waals surface area contributed by atoms with Crippen LogP contribution in [0.4, 0.5) is 18.9 Å². The lowest BCUT2D eigenvalue weighted by Crippen LogP contribution is -2.21. The SMILES string of the molecule is N=C(N)c1ccc2cc(C(=O)Nc3cccc(C(F)(F)F)c3)n(CCS(=O)(=O)c3ccccc3)c2c1. The van der Waals surface area contributed by atoms with Gasteiger partial charge in [-0.1, -0.05) is 36.4 Å². The van der Waals surface area contributed by atoms with Crippen LogP contribution in [0.5, 0.6) is 0 Å². The number of carbonyl (C=O) groups excluding carboxylic acids is 1. The van der Waals surface area contributed by atoms with Crippen LogP contribution in [0, 0.1) is 5.41 Å². The smallest absolute Gasteiger partial charge is 0.384 e. The van der Waals surface area contributed by atoms with Crippen molar-refractivity contribution in [3.05, 3.63) is 95.7 Å². The second kappa shape index (κ2) is 9.50. The van der Waals surface area contributed by atoms with Crippen LogP contribution in [0.25, 0.3) is 10.9 Å². The Labute approximate surface area is 204 Å². The van der Waals surface area contributed by atoms with Crippen molar-refractivity contribution in [1.29, 1.82) is 5.41 Å². The maximum absolute atomic E-state index is 13.1. The molecule has 4 aromatic rings. The summed E-state index contributed by atoms with van der Waals surface area (Å²) in [6.45, 7) is -0.118. The summed E-state index contributed by atoms with van der Waals surface area (Å²) in [4.78, 5) is 13.3. The van der Waals surface area contributed by atoms with Crippen LogP contribution in [-0.2, 0) is 22.6 Å². The minimum Gasteiger partial charge on any atom is -0.384 e. The molecule has 0 aliphatic rings. The van der Waals surface area contributed by atoms with Crippen molar-refractivity contribution in [2.24, 2.45) is 5.73 Å². The summed E-state index contributed by atoms with van der Waals surface area (Å²) in [6, 6.07) is 18.4. The van der Waals surface area contributed by atoms with Gasteiger partial charge in [-0.3, -0.25) is 10.2 Å². The number of nitrogen functional groups attached to an aromatic ring is 1. The van der Waals surface area contributed by atoms with E-state index in [9.17, 15) is 26.4 Å². The normalized spacial score (nSPS) is 12.0. The predicted octanol–water partition coefficient (Wildman–Crippen LogP) is 4.67. The number of nitrogens with two attached hydrogens (primary N) is 1. The first kappa shape index (κ1) is 25.0. The number of halogens is 3. The van der Waals surface area contributed by atoms with E-state index >= 15 is 0 Å². The number of amidine groups is 1. The van der Waals surface area contributed by atoms with E-state index < -0.39 is 27.5 Å². The summed E-state index contributed by atoms with van der Waals surface area (Å²) in [7, 11) is -3.70. The lowest BCUT2D eigenvalue weighted by atomic mass is 10.1. The molecule has 3 aromatic carbocycles. The van der Waals surface area contributed by atoms with Crippen molar-refractivity contribution in [2.45, 2.75) is 17.6 Å². The average Bonchev–Trinajstić information content (AvgIpc) is 3.21. The summed E-state index contributed by atoms with van der Waals surface area (Å²) in [5.74, 6) is -1.27. The van der Waals surface area contributed by atoms with Gasteiger partial charge in [0, 0.05) is 28.7 Å². The molecule has 0 aliphatic carbocycles. The molecule has 0 unspecified atom stereocenters. The quantitative estimate of drug-likeness (QED) is 0.245. The molecule has 0 radical (unpaired) electrons. The molecule has 1 heterocycles. The fourth-order valence-corrected chi connectivity index (χ4v) is 5.01. The van der Waals surface area contributed by atoms with Crippen molar-refractivity contribution in [3.8, 4) is 0 Å². The molecule has 36 heavy (non-hydrogen) atoms. The number of nitrogens with zero attached hydrogens (tertiary/aromatic N) is 1. The highest BCUT2D eigenvalue weighted by Gasteiger charge is 2.30. The molecule has 0 saturated heterocycles. The number of anilines is 1. The van der Waals surface area contributed by atoms with Crippen molar-refractivity contribution < 1.29 is 26.4 Å². The number of carbonyl (C=O) groups is 1. The Bertz CT molecular complexity index is 1560. The first-order valence-electron chi connectivity index (χ1n) is 10.7. The Kier molecular flexibility index (Phi) is 6.59. The first-order valence-corrected chi connectivity index (χ1v) is 12.3. The molecule has 186 valence electrons. The van der Waals surface area contributed by atoms with Gasteiger partial charge in [-0.15, -0.1) is 0 Å². The molecule has 0 aliphatic heterocycles. The van der Waals surface area contributed by atoms with Crippen LogP contribution in [0.15, 0.2) is 83.8 Å². The van der Waals surface area contributed by atoms with E-state index in [1.54, 1.807) is 36.4 Å². The predicted molar refractivity (Wildman–Crippen MR) is 131 cm³/mol. The zero-order valence-corrected chi connectivity index (χ0v) is 19.5. The van der Waals surface area contributed by atoms with Gasteiger partial charge in [-0.05, 0) is 42.5 Å². The molecule has 4 rings (SSSR count). The van der Waals surface area contributed by atoms with Gasteiger partial charge in [-0.25, -0.2) is 8.42 Å². The van der Waals surface area contributed by atoms with Crippen LogP contribution < -0.4 is 11.1 Å². The van der Waals surface area contributed by atoms with Crippen LogP contribution in [0.3, 0.4) is 0 Å². The number of hydrogen-bond donors (Lipinski definition) is 3. The molecular formula is C25H21F3N4O3S. The fraction of sp³-hybridized carbons (Fsp3) is 0.120. The van der Waals surface area contributed by atoms with Crippen molar-refractivity contribution in [3.63, 3.8) is 0 Å². The van der Waals surface area contributed by atoms with E-state index in [1.165, 1.54) is 34.9 Å². The maximum atomic E-state index is 13.1. The molecule has 0 atom stereocenters. The van der Waals surface area contributed by atoms with Crippen molar-refractivity contribution in [1.82, 2.24) is 4.57 Å². The number of fused-ring (bicyclic) bond motifs is 1. The van der Waals surface area contributed by atoms with Crippen LogP contribution in [0.2, 0.25) is 0 Å². The third-order valence-corrected chi connectivity index (χ3v) is 7.29. The molecule has 0 spiro atoms. The van der Waals surface area contributed by atoms with Gasteiger partial charge in [0.1, 0.15) is 11.5 Å². The maximum Gasteiger partial charge on any atom is 0.416 e. The fourth-order valence-electron chi connectivity index (χ4n) is 3.78. The Balaban J connectivity index is 1.72. The molecule has 0 saturated carbocycles. The van der Waals surface area contributed by atoms with E-state index in [4.69, 9.17) is 11.1 Å². The van der Waals surface area contributed by atoms with Gasteiger partial charge >= 0.3 is 6.18 Å². The topological polar surface area (TPSA) is 118 Å². The van der Waals surface area contributed by atoms with E-state index in [-0.39, 0.29) is 34.4 Å². The van der Waals surface area contributed by atoms with Gasteiger partial charge in [0.2, 0.25) is 0 Å². The summed E-state index contributed by atoms with van der Waals surface area (Å²) in [5, 5.41) is 10.7. The van der Waals surface area contributed by atoms with Gasteiger partial charge in [-0.2, -0.15) is 13.2 Å². The Hall–Kier alpha value is -4.12. The van der Waals surface area contributed by atoms with Crippen LogP contribution in [0.1, 0.15) is 21.6 Å². The monoisotopic (exact) mass is 514 g/mol. The molecule has 7 nitrogen and oxygen atoms in total. The Morgan fingerprint density at radius 2 is 1.69 bits per heavy atom. The van der Waals surface area contributed by atoms with E-state index in [0.717, 1.165) is 12.1 Å². The Morgan fingerprint density at radius 3 is 2.36 bits per heavy atom. The van der Waals surface area contributed by atoms with Gasteiger partial charge < -0.3 is 15.6 Å². The summed E-state index contributed by atoms with van der Waals surface area (Å²) < 4.78 is 66.5.